The van der Waals surface area contributed by atoms with Gasteiger partial charge in [-0.15, -0.1) is 0 Å². The standard InChI is InChI=1S/C12H14ClNO4S/c1-19-5-4-9(12(17)18)14-11(16)8-6-7(13)2-3-10(8)15/h2-3,6,9,15H,4-5H2,1H3,(H,14,16)(H,17,18)/t9-/m0/s1. The average Bonchev–Trinajstić information content (AvgIpc) is 2.36. The number of phenolic OH excluding ortho intramolecular Hbond substituents is 1. The minimum absolute atomic E-state index is 0.0390. The number of nitrogens with one attached hydrogen (secondary N) is 1. The molecule has 19 heavy (non-hydrogen) atoms. The van der Waals surface area contributed by atoms with E-state index in [0.717, 1.165) is 0 Å². The lowest BCUT2D eigenvalue weighted by Crippen LogP contribution is -2.41. The molecule has 0 saturated heterocycles. The predicted octanol–water partition coefficient (Wildman–Crippen LogP) is 1.98. The topological polar surface area (TPSA) is 86.6 Å². The van der Waals surface area contributed by atoms with Gasteiger partial charge in [0.2, 0.25) is 0 Å². The van der Waals surface area contributed by atoms with Crippen LogP contribution in [-0.2, 0) is 4.79 Å². The third-order valence-electron chi connectivity index (χ3n) is 2.42. The Morgan fingerprint density at radius 3 is 2.74 bits per heavy atom. The monoisotopic (exact) mass is 303 g/mol. The Morgan fingerprint density at radius 1 is 1.47 bits per heavy atom. The number of carbonyl (C=O) groups excluding carboxylic acids is 1. The molecule has 0 unspecified atom stereocenters. The van der Waals surface area contributed by atoms with E-state index in [1.54, 1.807) is 0 Å². The third kappa shape index (κ3) is 4.65. The zero-order valence-electron chi connectivity index (χ0n) is 10.2. The number of aromatic hydroxyl groups is 1. The van der Waals surface area contributed by atoms with Crippen molar-refractivity contribution in [3.05, 3.63) is 28.8 Å². The number of carbonyl (C=O) groups is 2. The number of rotatable bonds is 6. The normalized spacial score (nSPS) is 11.9. The van der Waals surface area contributed by atoms with Crippen molar-refractivity contribution in [2.75, 3.05) is 12.0 Å². The van der Waals surface area contributed by atoms with Crippen molar-refractivity contribution in [3.8, 4) is 5.75 Å². The molecule has 0 bridgehead atoms. The van der Waals surface area contributed by atoms with Crippen LogP contribution in [0.25, 0.3) is 0 Å². The number of benzene rings is 1. The summed E-state index contributed by atoms with van der Waals surface area (Å²) in [5.74, 6) is -1.40. The molecule has 0 radical (unpaired) electrons. The molecule has 1 atom stereocenters. The van der Waals surface area contributed by atoms with Crippen LogP contribution in [0.1, 0.15) is 16.8 Å². The van der Waals surface area contributed by atoms with Gasteiger partial charge in [-0.05, 0) is 36.6 Å². The van der Waals surface area contributed by atoms with Crippen LogP contribution < -0.4 is 5.32 Å². The molecule has 0 spiro atoms. The van der Waals surface area contributed by atoms with E-state index < -0.39 is 17.9 Å². The summed E-state index contributed by atoms with van der Waals surface area (Å²) in [5.41, 5.74) is -0.0390. The minimum Gasteiger partial charge on any atom is -0.507 e. The quantitative estimate of drug-likeness (QED) is 0.748. The molecule has 104 valence electrons. The average molecular weight is 304 g/mol. The van der Waals surface area contributed by atoms with Crippen LogP contribution in [-0.4, -0.2) is 40.1 Å². The van der Waals surface area contributed by atoms with Crippen molar-refractivity contribution < 1.29 is 19.8 Å². The summed E-state index contributed by atoms with van der Waals surface area (Å²) in [6.45, 7) is 0. The van der Waals surface area contributed by atoms with E-state index >= 15 is 0 Å². The molecule has 1 amide bonds. The molecule has 0 aromatic heterocycles. The Balaban J connectivity index is 2.81. The molecule has 1 rings (SSSR count). The highest BCUT2D eigenvalue weighted by Crippen LogP contribution is 2.21. The van der Waals surface area contributed by atoms with Gasteiger partial charge in [-0.1, -0.05) is 11.6 Å². The van der Waals surface area contributed by atoms with Gasteiger partial charge < -0.3 is 15.5 Å². The van der Waals surface area contributed by atoms with Gasteiger partial charge in [-0.2, -0.15) is 11.8 Å². The Bertz CT molecular complexity index is 481. The van der Waals surface area contributed by atoms with Crippen LogP contribution in [0.15, 0.2) is 18.2 Å². The first-order valence-corrected chi connectivity index (χ1v) is 7.24. The second-order valence-electron chi connectivity index (χ2n) is 3.81. The highest BCUT2D eigenvalue weighted by molar-refractivity contribution is 7.98. The molecular weight excluding hydrogens is 290 g/mol. The van der Waals surface area contributed by atoms with Crippen LogP contribution in [0, 0.1) is 0 Å². The molecule has 0 aliphatic rings. The SMILES string of the molecule is CSCC[C@H](NC(=O)c1cc(Cl)ccc1O)C(=O)O. The molecule has 7 heteroatoms. The van der Waals surface area contributed by atoms with Crippen molar-refractivity contribution in [1.29, 1.82) is 0 Å². The van der Waals surface area contributed by atoms with Gasteiger partial charge in [0.05, 0.1) is 5.56 Å². The zero-order chi connectivity index (χ0) is 14.4. The molecule has 1 aromatic carbocycles. The van der Waals surface area contributed by atoms with Crippen LogP contribution >= 0.6 is 23.4 Å². The molecule has 0 fully saturated rings. The number of aliphatic carboxylic acids is 1. The van der Waals surface area contributed by atoms with E-state index in [2.05, 4.69) is 5.32 Å². The number of thioether (sulfide) groups is 1. The van der Waals surface area contributed by atoms with Gasteiger partial charge >= 0.3 is 5.97 Å². The number of hydrogen-bond acceptors (Lipinski definition) is 4. The first-order valence-electron chi connectivity index (χ1n) is 5.46. The van der Waals surface area contributed by atoms with Crippen LogP contribution in [0.4, 0.5) is 0 Å². The van der Waals surface area contributed by atoms with Crippen molar-refractivity contribution in [2.45, 2.75) is 12.5 Å². The fourth-order valence-corrected chi connectivity index (χ4v) is 2.06. The molecule has 3 N–H and O–H groups in total. The van der Waals surface area contributed by atoms with Crippen LogP contribution in [0.2, 0.25) is 5.02 Å². The predicted molar refractivity (Wildman–Crippen MR) is 75.0 cm³/mol. The molecule has 5 nitrogen and oxygen atoms in total. The summed E-state index contributed by atoms with van der Waals surface area (Å²) in [5, 5.41) is 21.2. The molecular formula is C12H14ClNO4S. The minimum atomic E-state index is -1.11. The smallest absolute Gasteiger partial charge is 0.326 e. The fourth-order valence-electron chi connectivity index (χ4n) is 1.42. The largest absolute Gasteiger partial charge is 0.507 e. The van der Waals surface area contributed by atoms with Crippen molar-refractivity contribution in [2.24, 2.45) is 0 Å². The summed E-state index contributed by atoms with van der Waals surface area (Å²) in [4.78, 5) is 22.9. The number of hydrogen-bond donors (Lipinski definition) is 3. The first kappa shape index (κ1) is 15.7. The number of amides is 1. The maximum Gasteiger partial charge on any atom is 0.326 e. The zero-order valence-corrected chi connectivity index (χ0v) is 11.8. The Morgan fingerprint density at radius 2 is 2.16 bits per heavy atom. The molecule has 0 saturated carbocycles. The van der Waals surface area contributed by atoms with Crippen molar-refractivity contribution in [1.82, 2.24) is 5.32 Å². The number of carboxylic acids is 1. The lowest BCUT2D eigenvalue weighted by atomic mass is 10.1. The third-order valence-corrected chi connectivity index (χ3v) is 3.30. The van der Waals surface area contributed by atoms with Gasteiger partial charge in [0.1, 0.15) is 11.8 Å². The summed E-state index contributed by atoms with van der Waals surface area (Å²) >= 11 is 7.22. The van der Waals surface area contributed by atoms with Gasteiger partial charge in [0.25, 0.3) is 5.91 Å². The highest BCUT2D eigenvalue weighted by Gasteiger charge is 2.21. The van der Waals surface area contributed by atoms with E-state index in [9.17, 15) is 14.7 Å². The van der Waals surface area contributed by atoms with Crippen molar-refractivity contribution in [3.63, 3.8) is 0 Å². The molecule has 0 aliphatic heterocycles. The van der Waals surface area contributed by atoms with Crippen LogP contribution in [0.3, 0.4) is 0 Å². The van der Waals surface area contributed by atoms with Crippen molar-refractivity contribution >= 4 is 35.2 Å². The molecule has 0 aliphatic carbocycles. The Kier molecular flexibility index (Phi) is 5.98. The number of halogens is 1. The second kappa shape index (κ2) is 7.25. The summed E-state index contributed by atoms with van der Waals surface area (Å²) in [6, 6.07) is 3.03. The second-order valence-corrected chi connectivity index (χ2v) is 5.23. The van der Waals surface area contributed by atoms with E-state index in [4.69, 9.17) is 16.7 Å². The van der Waals surface area contributed by atoms with Gasteiger partial charge in [0, 0.05) is 5.02 Å². The van der Waals surface area contributed by atoms with E-state index in [0.29, 0.717) is 17.2 Å². The van der Waals surface area contributed by atoms with Gasteiger partial charge in [0.15, 0.2) is 0 Å². The highest BCUT2D eigenvalue weighted by atomic mass is 35.5. The van der Waals surface area contributed by atoms with Gasteiger partial charge in [-0.25, -0.2) is 4.79 Å². The maximum atomic E-state index is 11.9. The number of carboxylic acid groups (broad SMARTS) is 1. The Labute approximate surface area is 120 Å². The van der Waals surface area contributed by atoms with E-state index in [1.165, 1.54) is 30.0 Å². The van der Waals surface area contributed by atoms with E-state index in [1.807, 2.05) is 6.26 Å². The summed E-state index contributed by atoms with van der Waals surface area (Å²) in [6.07, 6.45) is 2.16. The van der Waals surface area contributed by atoms with Gasteiger partial charge in [-0.3, -0.25) is 4.79 Å². The summed E-state index contributed by atoms with van der Waals surface area (Å²) < 4.78 is 0. The number of phenols is 1. The summed E-state index contributed by atoms with van der Waals surface area (Å²) in [7, 11) is 0. The molecule has 1 aromatic rings. The van der Waals surface area contributed by atoms with Crippen LogP contribution in [0.5, 0.6) is 5.75 Å². The molecule has 0 heterocycles. The maximum absolute atomic E-state index is 11.9. The first-order chi connectivity index (χ1) is 8.95. The lowest BCUT2D eigenvalue weighted by molar-refractivity contribution is -0.139. The Hall–Kier alpha value is -1.40. The lowest BCUT2D eigenvalue weighted by Gasteiger charge is -2.14. The fraction of sp³-hybridized carbons (Fsp3) is 0.333. The van der Waals surface area contributed by atoms with E-state index in [-0.39, 0.29) is 11.3 Å².